The number of carbonyl (C=O) groups excluding carboxylic acids is 3. The molecule has 0 saturated carbocycles. The average molecular weight is 412 g/mol. The second kappa shape index (κ2) is 8.97. The predicted octanol–water partition coefficient (Wildman–Crippen LogP) is -1.02. The lowest BCUT2D eigenvalue weighted by Gasteiger charge is -2.42. The van der Waals surface area contributed by atoms with Crippen LogP contribution in [0.25, 0.3) is 0 Å². The van der Waals surface area contributed by atoms with Crippen LogP contribution in [0.1, 0.15) is 36.7 Å². The second-order valence-electron chi connectivity index (χ2n) is 7.69. The lowest BCUT2D eigenvalue weighted by atomic mass is 9.95. The predicted molar refractivity (Wildman–Crippen MR) is 108 cm³/mol. The molecule has 1 aromatic carbocycles. The maximum absolute atomic E-state index is 12.4. The first-order valence-electron chi connectivity index (χ1n) is 9.10. The van der Waals surface area contributed by atoms with Gasteiger partial charge in [0.25, 0.3) is 11.8 Å². The second-order valence-corrected chi connectivity index (χ2v) is 7.69. The molecule has 0 spiro atoms. The highest BCUT2D eigenvalue weighted by Gasteiger charge is 2.41. The van der Waals surface area contributed by atoms with Crippen LogP contribution >= 0.6 is 0 Å². The van der Waals surface area contributed by atoms with Crippen LogP contribution in [-0.2, 0) is 9.59 Å². The molecule has 158 valence electrons. The zero-order valence-corrected chi connectivity index (χ0v) is 16.9. The van der Waals surface area contributed by atoms with E-state index in [2.05, 4.69) is 29.0 Å². The maximum Gasteiger partial charge on any atom is 0.267 e. The molecule has 3 amide bonds. The number of nitrogens with one attached hydrogen (secondary N) is 2. The van der Waals surface area contributed by atoms with Crippen molar-refractivity contribution in [1.29, 1.82) is 0 Å². The molecule has 30 heavy (non-hydrogen) atoms. The van der Waals surface area contributed by atoms with Crippen LogP contribution in [0.15, 0.2) is 24.3 Å². The number of hydrogen-bond donors (Lipinski definition) is 5. The van der Waals surface area contributed by atoms with Gasteiger partial charge < -0.3 is 21.1 Å². The fraction of sp³-hybridized carbons (Fsp3) is 0.381. The highest BCUT2D eigenvalue weighted by molar-refractivity contribution is 5.97. The van der Waals surface area contributed by atoms with E-state index in [0.717, 1.165) is 0 Å². The Labute approximate surface area is 174 Å². The lowest BCUT2D eigenvalue weighted by molar-refractivity contribution is -0.144. The van der Waals surface area contributed by atoms with Crippen LogP contribution < -0.4 is 16.5 Å². The third kappa shape index (κ3) is 5.82. The summed E-state index contributed by atoms with van der Waals surface area (Å²) in [5.41, 5.74) is 5.92. The van der Waals surface area contributed by atoms with Crippen molar-refractivity contribution in [3.8, 4) is 23.7 Å². The SMILES string of the molecule is CC(=O)N1CC(O)(C#CC#Cc2ccc(C(=O)N[C@H](C(=O)NO)C(C)(C)N)cc2)C1. The van der Waals surface area contributed by atoms with Crippen LogP contribution in [-0.4, -0.2) is 63.2 Å². The maximum atomic E-state index is 12.4. The number of β-amino-alcohol motifs (C(OH)–C–C–N with tert-alkyl or cyclic N) is 1. The molecule has 0 bridgehead atoms. The summed E-state index contributed by atoms with van der Waals surface area (Å²) < 4.78 is 0. The molecule has 9 nitrogen and oxygen atoms in total. The van der Waals surface area contributed by atoms with Crippen molar-refractivity contribution in [2.75, 3.05) is 13.1 Å². The number of aliphatic hydroxyl groups is 1. The van der Waals surface area contributed by atoms with Gasteiger partial charge in [0.1, 0.15) is 6.04 Å². The van der Waals surface area contributed by atoms with Gasteiger partial charge in [0, 0.05) is 23.6 Å². The first-order chi connectivity index (χ1) is 13.9. The summed E-state index contributed by atoms with van der Waals surface area (Å²) in [6.45, 7) is 4.84. The van der Waals surface area contributed by atoms with Crippen molar-refractivity contribution in [3.05, 3.63) is 35.4 Å². The number of likely N-dealkylation sites (tertiary alicyclic amines) is 1. The van der Waals surface area contributed by atoms with E-state index < -0.39 is 29.0 Å². The Morgan fingerprint density at radius 2 is 1.80 bits per heavy atom. The van der Waals surface area contributed by atoms with E-state index in [0.29, 0.717) is 5.56 Å². The molecule has 1 fully saturated rings. The fourth-order valence-corrected chi connectivity index (χ4v) is 2.71. The minimum Gasteiger partial charge on any atom is -0.374 e. The van der Waals surface area contributed by atoms with Crippen molar-refractivity contribution in [1.82, 2.24) is 15.7 Å². The molecule has 0 radical (unpaired) electrons. The molecule has 1 saturated heterocycles. The summed E-state index contributed by atoms with van der Waals surface area (Å²) in [5.74, 6) is 9.15. The summed E-state index contributed by atoms with van der Waals surface area (Å²) in [5, 5.41) is 21.4. The number of rotatable bonds is 4. The monoisotopic (exact) mass is 412 g/mol. The van der Waals surface area contributed by atoms with E-state index >= 15 is 0 Å². The largest absolute Gasteiger partial charge is 0.374 e. The molecule has 0 unspecified atom stereocenters. The van der Waals surface area contributed by atoms with E-state index in [1.807, 2.05) is 0 Å². The Hall–Kier alpha value is -3.37. The highest BCUT2D eigenvalue weighted by Crippen LogP contribution is 2.19. The standard InChI is InChI=1S/C21H24N4O5/c1-14(26)25-12-21(29,13-25)11-5-4-6-15-7-9-16(10-8-15)18(27)23-17(19(28)24-30)20(2,3)22/h7-10,17,29-30H,12-13,22H2,1-3H3,(H,23,27)(H,24,28)/t17-/m1/s1. The van der Waals surface area contributed by atoms with E-state index in [4.69, 9.17) is 10.9 Å². The quantitative estimate of drug-likeness (QED) is 0.243. The van der Waals surface area contributed by atoms with Gasteiger partial charge in [-0.1, -0.05) is 11.8 Å². The Balaban J connectivity index is 2.00. The Bertz CT molecular complexity index is 952. The van der Waals surface area contributed by atoms with Crippen LogP contribution in [0.5, 0.6) is 0 Å². The summed E-state index contributed by atoms with van der Waals surface area (Å²) in [6, 6.07) is 5.12. The fourth-order valence-electron chi connectivity index (χ4n) is 2.71. The van der Waals surface area contributed by atoms with Gasteiger partial charge in [0.05, 0.1) is 13.1 Å². The van der Waals surface area contributed by atoms with Gasteiger partial charge in [-0.05, 0) is 50.0 Å². The first kappa shape index (κ1) is 22.9. The zero-order valence-electron chi connectivity index (χ0n) is 16.9. The molecule has 6 N–H and O–H groups in total. The highest BCUT2D eigenvalue weighted by atomic mass is 16.5. The number of nitrogens with two attached hydrogens (primary N) is 1. The molecule has 0 aromatic heterocycles. The van der Waals surface area contributed by atoms with Crippen molar-refractivity contribution in [2.45, 2.75) is 38.0 Å². The van der Waals surface area contributed by atoms with Gasteiger partial charge in [-0.15, -0.1) is 0 Å². The molecular weight excluding hydrogens is 388 g/mol. The molecule has 1 atom stereocenters. The zero-order chi connectivity index (χ0) is 22.5. The van der Waals surface area contributed by atoms with Gasteiger partial charge in [0.15, 0.2) is 5.60 Å². The van der Waals surface area contributed by atoms with Gasteiger partial charge >= 0.3 is 0 Å². The third-order valence-corrected chi connectivity index (χ3v) is 4.45. The molecule has 1 aromatic rings. The molecular formula is C21H24N4O5. The lowest BCUT2D eigenvalue weighted by Crippen LogP contribution is -2.62. The number of hydroxylamine groups is 1. The van der Waals surface area contributed by atoms with Gasteiger partial charge in [-0.25, -0.2) is 5.48 Å². The molecule has 1 heterocycles. The van der Waals surface area contributed by atoms with Gasteiger partial charge in [-0.3, -0.25) is 19.6 Å². The molecule has 2 rings (SSSR count). The minimum atomic E-state index is -1.23. The minimum absolute atomic E-state index is 0.116. The number of carbonyl (C=O) groups is 3. The van der Waals surface area contributed by atoms with Crippen LogP contribution in [0.3, 0.4) is 0 Å². The summed E-state index contributed by atoms with van der Waals surface area (Å²) in [6.07, 6.45) is 0. The van der Waals surface area contributed by atoms with Crippen molar-refractivity contribution in [2.24, 2.45) is 5.73 Å². The number of amides is 3. The number of benzene rings is 1. The summed E-state index contributed by atoms with van der Waals surface area (Å²) in [4.78, 5) is 36.7. The van der Waals surface area contributed by atoms with Crippen molar-refractivity contribution >= 4 is 17.7 Å². The van der Waals surface area contributed by atoms with E-state index in [1.165, 1.54) is 29.4 Å². The summed E-state index contributed by atoms with van der Waals surface area (Å²) in [7, 11) is 0. The van der Waals surface area contributed by atoms with Crippen molar-refractivity contribution < 1.29 is 24.7 Å². The van der Waals surface area contributed by atoms with Crippen LogP contribution in [0.2, 0.25) is 0 Å². The van der Waals surface area contributed by atoms with Crippen LogP contribution in [0.4, 0.5) is 0 Å². The van der Waals surface area contributed by atoms with E-state index in [1.54, 1.807) is 26.0 Å². The Morgan fingerprint density at radius 1 is 1.20 bits per heavy atom. The van der Waals surface area contributed by atoms with Crippen molar-refractivity contribution in [3.63, 3.8) is 0 Å². The average Bonchev–Trinajstić information content (AvgIpc) is 2.66. The molecule has 1 aliphatic heterocycles. The Kier molecular flexibility index (Phi) is 6.85. The molecule has 0 aliphatic carbocycles. The van der Waals surface area contributed by atoms with Gasteiger partial charge in [0.2, 0.25) is 5.91 Å². The Morgan fingerprint density at radius 3 is 2.30 bits per heavy atom. The smallest absolute Gasteiger partial charge is 0.267 e. The molecule has 1 aliphatic rings. The normalized spacial score (nSPS) is 15.3. The number of hydrogen-bond acceptors (Lipinski definition) is 6. The summed E-state index contributed by atoms with van der Waals surface area (Å²) >= 11 is 0. The van der Waals surface area contributed by atoms with E-state index in [9.17, 15) is 19.5 Å². The van der Waals surface area contributed by atoms with Crippen LogP contribution in [0, 0.1) is 23.7 Å². The number of nitrogens with zero attached hydrogens (tertiary/aromatic N) is 1. The third-order valence-electron chi connectivity index (χ3n) is 4.45. The van der Waals surface area contributed by atoms with E-state index in [-0.39, 0.29) is 24.6 Å². The topological polar surface area (TPSA) is 145 Å². The van der Waals surface area contributed by atoms with Gasteiger partial charge in [-0.2, -0.15) is 0 Å². The molecule has 9 heteroatoms. The first-order valence-corrected chi connectivity index (χ1v) is 9.10.